The molecule has 2 aromatic rings. The number of nitrogens with one attached hydrogen (secondary N) is 1. The van der Waals surface area contributed by atoms with Crippen LogP contribution in [-0.4, -0.2) is 11.0 Å². The molecule has 0 bridgehead atoms. The molecule has 0 aliphatic heterocycles. The zero-order valence-corrected chi connectivity index (χ0v) is 12.6. The van der Waals surface area contributed by atoms with Gasteiger partial charge >= 0.3 is 0 Å². The summed E-state index contributed by atoms with van der Waals surface area (Å²) in [6.45, 7) is 0. The molecule has 2 N–H and O–H groups in total. The second-order valence-electron chi connectivity index (χ2n) is 3.74. The van der Waals surface area contributed by atoms with Crippen LogP contribution < -0.4 is 5.32 Å². The zero-order chi connectivity index (χ0) is 14.0. The van der Waals surface area contributed by atoms with Gasteiger partial charge in [-0.2, -0.15) is 0 Å². The van der Waals surface area contributed by atoms with Gasteiger partial charge in [0.15, 0.2) is 0 Å². The molecule has 0 fully saturated rings. The van der Waals surface area contributed by atoms with Gasteiger partial charge in [-0.25, -0.2) is 4.39 Å². The standard InChI is InChI=1S/C13H8Br2FNO2/c14-7-1-3-9(12(18)5-7)13(19)17-8-2-4-11(16)10(15)6-8/h1-6,18H,(H,17,19). The minimum atomic E-state index is -0.469. The third kappa shape index (κ3) is 3.33. The van der Waals surface area contributed by atoms with Gasteiger partial charge in [0.1, 0.15) is 11.6 Å². The van der Waals surface area contributed by atoms with Gasteiger partial charge < -0.3 is 10.4 Å². The number of phenols is 1. The number of phenolic OH excluding ortho intramolecular Hbond substituents is 1. The third-order valence-corrected chi connectivity index (χ3v) is 3.48. The Labute approximate surface area is 125 Å². The molecule has 98 valence electrons. The number of anilines is 1. The highest BCUT2D eigenvalue weighted by Gasteiger charge is 2.12. The number of carbonyl (C=O) groups excluding carboxylic acids is 1. The summed E-state index contributed by atoms with van der Waals surface area (Å²) in [6, 6.07) is 8.69. The smallest absolute Gasteiger partial charge is 0.259 e. The molecule has 2 rings (SSSR count). The lowest BCUT2D eigenvalue weighted by atomic mass is 10.2. The van der Waals surface area contributed by atoms with Crippen LogP contribution in [0, 0.1) is 5.82 Å². The first kappa shape index (κ1) is 14.0. The van der Waals surface area contributed by atoms with Gasteiger partial charge in [-0.05, 0) is 52.3 Å². The van der Waals surface area contributed by atoms with Crippen molar-refractivity contribution in [2.45, 2.75) is 0 Å². The second kappa shape index (κ2) is 5.71. The van der Waals surface area contributed by atoms with E-state index in [9.17, 15) is 14.3 Å². The van der Waals surface area contributed by atoms with Crippen molar-refractivity contribution in [3.05, 3.63) is 56.7 Å². The maximum absolute atomic E-state index is 13.1. The quantitative estimate of drug-likeness (QED) is 0.805. The molecule has 1 amide bonds. The summed E-state index contributed by atoms with van der Waals surface area (Å²) in [6.07, 6.45) is 0. The molecule has 0 aromatic heterocycles. The molecule has 0 heterocycles. The molecule has 19 heavy (non-hydrogen) atoms. The number of amides is 1. The summed E-state index contributed by atoms with van der Waals surface area (Å²) >= 11 is 6.22. The molecular weight excluding hydrogens is 381 g/mol. The Kier molecular flexibility index (Phi) is 4.21. The maximum atomic E-state index is 13.1. The highest BCUT2D eigenvalue weighted by Crippen LogP contribution is 2.24. The van der Waals surface area contributed by atoms with Crippen molar-refractivity contribution >= 4 is 43.5 Å². The molecule has 0 saturated carbocycles. The molecule has 0 radical (unpaired) electrons. The minimum Gasteiger partial charge on any atom is -0.507 e. The molecule has 0 atom stereocenters. The SMILES string of the molecule is O=C(Nc1ccc(F)c(Br)c1)c1ccc(Br)cc1O. The van der Waals surface area contributed by atoms with Crippen molar-refractivity contribution < 1.29 is 14.3 Å². The van der Waals surface area contributed by atoms with Gasteiger partial charge in [-0.15, -0.1) is 0 Å². The number of halogens is 3. The van der Waals surface area contributed by atoms with Gasteiger partial charge in [0.2, 0.25) is 0 Å². The molecular formula is C13H8Br2FNO2. The fourth-order valence-corrected chi connectivity index (χ4v) is 2.20. The summed E-state index contributed by atoms with van der Waals surface area (Å²) < 4.78 is 14.0. The number of carbonyl (C=O) groups is 1. The lowest BCUT2D eigenvalue weighted by molar-refractivity contribution is 0.102. The largest absolute Gasteiger partial charge is 0.507 e. The van der Waals surface area contributed by atoms with Crippen LogP contribution >= 0.6 is 31.9 Å². The van der Waals surface area contributed by atoms with Crippen molar-refractivity contribution in [2.24, 2.45) is 0 Å². The van der Waals surface area contributed by atoms with E-state index < -0.39 is 11.7 Å². The first-order chi connectivity index (χ1) is 8.97. The number of benzene rings is 2. The van der Waals surface area contributed by atoms with Crippen LogP contribution in [0.4, 0.5) is 10.1 Å². The molecule has 6 heteroatoms. The first-order valence-electron chi connectivity index (χ1n) is 5.22. The van der Waals surface area contributed by atoms with E-state index in [4.69, 9.17) is 0 Å². The van der Waals surface area contributed by atoms with E-state index in [1.54, 1.807) is 6.07 Å². The van der Waals surface area contributed by atoms with Crippen molar-refractivity contribution in [1.82, 2.24) is 0 Å². The van der Waals surface area contributed by atoms with E-state index in [1.165, 1.54) is 30.3 Å². The number of rotatable bonds is 2. The normalized spacial score (nSPS) is 10.3. The molecule has 0 saturated heterocycles. The van der Waals surface area contributed by atoms with Crippen LogP contribution in [0.1, 0.15) is 10.4 Å². The van der Waals surface area contributed by atoms with Crippen molar-refractivity contribution in [2.75, 3.05) is 5.32 Å². The predicted octanol–water partition coefficient (Wildman–Crippen LogP) is 4.31. The predicted molar refractivity (Wildman–Crippen MR) is 77.9 cm³/mol. The Morgan fingerprint density at radius 2 is 1.89 bits per heavy atom. The molecule has 0 aliphatic carbocycles. The lowest BCUT2D eigenvalue weighted by Gasteiger charge is -2.07. The minimum absolute atomic E-state index is 0.131. The summed E-state index contributed by atoms with van der Waals surface area (Å²) in [4.78, 5) is 11.9. The van der Waals surface area contributed by atoms with Crippen LogP contribution in [0.3, 0.4) is 0 Å². The van der Waals surface area contributed by atoms with E-state index in [0.29, 0.717) is 10.2 Å². The second-order valence-corrected chi connectivity index (χ2v) is 5.51. The molecule has 2 aromatic carbocycles. The first-order valence-corrected chi connectivity index (χ1v) is 6.81. The molecule has 0 unspecified atom stereocenters. The van der Waals surface area contributed by atoms with E-state index >= 15 is 0 Å². The van der Waals surface area contributed by atoms with Crippen molar-refractivity contribution in [1.29, 1.82) is 0 Å². The number of hydrogen-bond acceptors (Lipinski definition) is 2. The maximum Gasteiger partial charge on any atom is 0.259 e. The van der Waals surface area contributed by atoms with Crippen LogP contribution in [0.2, 0.25) is 0 Å². The Balaban J connectivity index is 2.23. The van der Waals surface area contributed by atoms with E-state index in [-0.39, 0.29) is 15.8 Å². The lowest BCUT2D eigenvalue weighted by Crippen LogP contribution is -2.12. The van der Waals surface area contributed by atoms with Gasteiger partial charge in [-0.1, -0.05) is 15.9 Å². The van der Waals surface area contributed by atoms with Crippen molar-refractivity contribution in [3.63, 3.8) is 0 Å². The fourth-order valence-electron chi connectivity index (χ4n) is 1.47. The van der Waals surface area contributed by atoms with Crippen LogP contribution in [-0.2, 0) is 0 Å². The summed E-state index contributed by atoms with van der Waals surface area (Å²) in [7, 11) is 0. The summed E-state index contributed by atoms with van der Waals surface area (Å²) in [5, 5.41) is 12.3. The van der Waals surface area contributed by atoms with E-state index in [1.807, 2.05) is 0 Å². The Bertz CT molecular complexity index is 647. The molecule has 0 spiro atoms. The molecule has 3 nitrogen and oxygen atoms in total. The van der Waals surface area contributed by atoms with E-state index in [0.717, 1.165) is 0 Å². The summed E-state index contributed by atoms with van der Waals surface area (Å²) in [5.74, 6) is -1.01. The average Bonchev–Trinajstić information content (AvgIpc) is 2.33. The highest BCUT2D eigenvalue weighted by atomic mass is 79.9. The third-order valence-electron chi connectivity index (χ3n) is 2.38. The van der Waals surface area contributed by atoms with E-state index in [2.05, 4.69) is 37.2 Å². The monoisotopic (exact) mass is 387 g/mol. The van der Waals surface area contributed by atoms with Gasteiger partial charge in [0, 0.05) is 10.2 Å². The number of aromatic hydroxyl groups is 1. The van der Waals surface area contributed by atoms with Crippen molar-refractivity contribution in [3.8, 4) is 5.75 Å². The fraction of sp³-hybridized carbons (Fsp3) is 0. The van der Waals surface area contributed by atoms with Crippen LogP contribution in [0.15, 0.2) is 45.3 Å². The van der Waals surface area contributed by atoms with Crippen LogP contribution in [0.5, 0.6) is 5.75 Å². The Hall–Kier alpha value is -1.40. The Morgan fingerprint density at radius 3 is 2.53 bits per heavy atom. The van der Waals surface area contributed by atoms with Crippen LogP contribution in [0.25, 0.3) is 0 Å². The topological polar surface area (TPSA) is 49.3 Å². The Morgan fingerprint density at radius 1 is 1.16 bits per heavy atom. The van der Waals surface area contributed by atoms with Gasteiger partial charge in [0.05, 0.1) is 10.0 Å². The highest BCUT2D eigenvalue weighted by molar-refractivity contribution is 9.10. The molecule has 0 aliphatic rings. The zero-order valence-electron chi connectivity index (χ0n) is 9.45. The average molecular weight is 389 g/mol. The van der Waals surface area contributed by atoms with Gasteiger partial charge in [-0.3, -0.25) is 4.79 Å². The van der Waals surface area contributed by atoms with Gasteiger partial charge in [0.25, 0.3) is 5.91 Å². The summed E-state index contributed by atoms with van der Waals surface area (Å²) in [5.41, 5.74) is 0.573. The number of hydrogen-bond donors (Lipinski definition) is 2.